The topological polar surface area (TPSA) is 77.5 Å². The van der Waals surface area contributed by atoms with E-state index in [4.69, 9.17) is 0 Å². The van der Waals surface area contributed by atoms with E-state index in [1.165, 1.54) is 24.3 Å². The zero-order valence-corrected chi connectivity index (χ0v) is 13.7. The lowest BCUT2D eigenvalue weighted by molar-refractivity contribution is -0.0495. The van der Waals surface area contributed by atoms with Crippen molar-refractivity contribution in [3.05, 3.63) is 29.8 Å². The van der Waals surface area contributed by atoms with Crippen molar-refractivity contribution < 1.29 is 33.6 Å². The third-order valence-corrected chi connectivity index (χ3v) is 11.1. The van der Waals surface area contributed by atoms with Crippen molar-refractivity contribution in [1.82, 2.24) is 0 Å². The van der Waals surface area contributed by atoms with Crippen LogP contribution in [0.2, 0.25) is 0 Å². The minimum atomic E-state index is -6.00. The van der Waals surface area contributed by atoms with Crippen LogP contribution >= 0.6 is 9.34 Å². The van der Waals surface area contributed by atoms with Crippen LogP contribution in [0.15, 0.2) is 29.2 Å². The smallest absolute Gasteiger partial charge is 0.212 e. The molecule has 0 bridgehead atoms. The second-order valence-corrected chi connectivity index (χ2v) is 13.7. The fraction of sp³-hybridized carbons (Fsp3) is 0.400. The van der Waals surface area contributed by atoms with Gasteiger partial charge in [0.2, 0.25) is 8.87 Å². The van der Waals surface area contributed by atoms with Gasteiger partial charge in [0, 0.05) is 12.5 Å². The maximum absolute atomic E-state index is 12.3. The van der Waals surface area contributed by atoms with Crippen LogP contribution in [0.25, 0.3) is 0 Å². The Bertz CT molecular complexity index is 718. The number of aryl methyl sites for hydroxylation is 1. The van der Waals surface area contributed by atoms with Gasteiger partial charge in [-0.25, -0.2) is 8.42 Å². The highest BCUT2D eigenvalue weighted by Gasteiger charge is 2.52. The van der Waals surface area contributed by atoms with Gasteiger partial charge in [-0.3, -0.25) is 0 Å². The van der Waals surface area contributed by atoms with Crippen LogP contribution in [-0.4, -0.2) is 34.9 Å². The van der Waals surface area contributed by atoms with Gasteiger partial charge in [-0.2, -0.15) is 25.2 Å². The van der Waals surface area contributed by atoms with Gasteiger partial charge in [0.15, 0.2) is 0 Å². The number of halogens is 3. The molecule has 0 amide bonds. The van der Waals surface area contributed by atoms with Gasteiger partial charge in [0.1, 0.15) is 0 Å². The Kier molecular flexibility index (Phi) is 4.74. The van der Waals surface area contributed by atoms with Gasteiger partial charge in [0.25, 0.3) is 0 Å². The van der Waals surface area contributed by atoms with E-state index >= 15 is 0 Å². The van der Waals surface area contributed by atoms with Crippen molar-refractivity contribution in [2.75, 3.05) is 12.5 Å². The molecule has 0 fully saturated rings. The second-order valence-electron chi connectivity index (χ2n) is 4.38. The SMILES string of the molecule is Cc1ccc(S(=O)(=O)S(C)(C)OS(=O)(=O)C(F)(F)F)cc1. The highest BCUT2D eigenvalue weighted by molar-refractivity contribution is 8.88. The molecular weight excluding hydrogens is 353 g/mol. The first-order chi connectivity index (χ1) is 9.21. The van der Waals surface area contributed by atoms with Crippen LogP contribution < -0.4 is 0 Å². The van der Waals surface area contributed by atoms with Crippen LogP contribution in [0, 0.1) is 6.92 Å². The summed E-state index contributed by atoms with van der Waals surface area (Å²) in [6.07, 6.45) is 1.65. The highest BCUT2D eigenvalue weighted by Crippen LogP contribution is 2.54. The van der Waals surface area contributed by atoms with Crippen molar-refractivity contribution in [1.29, 1.82) is 0 Å². The molecule has 5 nitrogen and oxygen atoms in total. The molecule has 1 rings (SSSR count). The van der Waals surface area contributed by atoms with E-state index < -0.39 is 33.8 Å². The first kappa shape index (κ1) is 18.3. The molecule has 0 N–H and O–H groups in total. The highest BCUT2D eigenvalue weighted by atomic mass is 33.2. The van der Waals surface area contributed by atoms with Gasteiger partial charge in [-0.1, -0.05) is 17.7 Å². The number of benzene rings is 1. The van der Waals surface area contributed by atoms with E-state index in [1.54, 1.807) is 6.92 Å². The predicted octanol–water partition coefficient (Wildman–Crippen LogP) is 2.53. The molecule has 1 aromatic rings. The Morgan fingerprint density at radius 3 is 1.76 bits per heavy atom. The normalized spacial score (nSPS) is 15.0. The van der Waals surface area contributed by atoms with Crippen LogP contribution in [0.3, 0.4) is 0 Å². The number of alkyl halides is 3. The Hall–Kier alpha value is -0.780. The Morgan fingerprint density at radius 2 is 1.38 bits per heavy atom. The standard InChI is InChI=1S/C10H13F3O5S3/c1-8-4-6-9(7-5-8)20(14,15)19(2,3)18-21(16,17)10(11,12)13/h4-7H,1-3H3. The maximum atomic E-state index is 12.3. The molecule has 1 aromatic carbocycles. The predicted molar refractivity (Wildman–Crippen MR) is 73.9 cm³/mol. The first-order valence-corrected chi connectivity index (χ1v) is 11.1. The minimum Gasteiger partial charge on any atom is -0.212 e. The molecule has 0 saturated heterocycles. The van der Waals surface area contributed by atoms with E-state index in [0.29, 0.717) is 0 Å². The zero-order valence-electron chi connectivity index (χ0n) is 11.2. The number of hydrogen-bond acceptors (Lipinski definition) is 5. The molecule has 0 aliphatic rings. The molecule has 0 unspecified atom stereocenters. The van der Waals surface area contributed by atoms with Crippen molar-refractivity contribution in [2.45, 2.75) is 17.3 Å². The summed E-state index contributed by atoms with van der Waals surface area (Å²) in [5, 5.41) is 0. The number of hydrogen-bond donors (Lipinski definition) is 0. The fourth-order valence-electron chi connectivity index (χ4n) is 1.23. The molecule has 0 aliphatic carbocycles. The van der Waals surface area contributed by atoms with Crippen molar-refractivity contribution in [2.24, 2.45) is 0 Å². The van der Waals surface area contributed by atoms with Gasteiger partial charge in [-0.05, 0) is 28.4 Å². The first-order valence-electron chi connectivity index (χ1n) is 5.28. The third kappa shape index (κ3) is 3.71. The average Bonchev–Trinajstić information content (AvgIpc) is 2.26. The van der Waals surface area contributed by atoms with Gasteiger partial charge >= 0.3 is 15.6 Å². The minimum absolute atomic E-state index is 0.300. The largest absolute Gasteiger partial charge is 0.524 e. The van der Waals surface area contributed by atoms with E-state index in [9.17, 15) is 30.0 Å². The molecular formula is C10H13F3O5S3. The molecule has 0 spiro atoms. The lowest BCUT2D eigenvalue weighted by atomic mass is 10.2. The van der Waals surface area contributed by atoms with Gasteiger partial charge < -0.3 is 0 Å². The lowest BCUT2D eigenvalue weighted by Gasteiger charge is -2.29. The molecule has 11 heteroatoms. The van der Waals surface area contributed by atoms with Crippen LogP contribution in [0.5, 0.6) is 0 Å². The molecule has 0 aliphatic heterocycles. The number of rotatable bonds is 4. The molecule has 0 atom stereocenters. The summed E-state index contributed by atoms with van der Waals surface area (Å²) in [4.78, 5) is -0.300. The molecule has 122 valence electrons. The molecule has 21 heavy (non-hydrogen) atoms. The summed E-state index contributed by atoms with van der Waals surface area (Å²) in [5.74, 6) is 0. The van der Waals surface area contributed by atoms with Crippen LogP contribution in [0.4, 0.5) is 13.2 Å². The third-order valence-electron chi connectivity index (χ3n) is 2.37. The van der Waals surface area contributed by atoms with E-state index in [1.807, 2.05) is 0 Å². The summed E-state index contributed by atoms with van der Waals surface area (Å²) in [7, 11) is -14.0. The van der Waals surface area contributed by atoms with Crippen LogP contribution in [0.1, 0.15) is 5.56 Å². The average molecular weight is 366 g/mol. The summed E-state index contributed by atoms with van der Waals surface area (Å²) in [6.45, 7) is 1.69. The van der Waals surface area contributed by atoms with Crippen molar-refractivity contribution in [3.63, 3.8) is 0 Å². The summed E-state index contributed by atoms with van der Waals surface area (Å²) < 4.78 is 87.4. The maximum Gasteiger partial charge on any atom is 0.524 e. The zero-order chi connectivity index (χ0) is 16.7. The van der Waals surface area contributed by atoms with E-state index in [0.717, 1.165) is 18.1 Å². The van der Waals surface area contributed by atoms with Gasteiger partial charge in [0.05, 0.1) is 4.90 Å². The second kappa shape index (κ2) is 5.45. The molecule has 0 radical (unpaired) electrons. The Labute approximate surface area is 122 Å². The van der Waals surface area contributed by atoms with Crippen LogP contribution in [-0.2, 0) is 22.6 Å². The van der Waals surface area contributed by atoms with Crippen molar-refractivity contribution >= 4 is 28.3 Å². The molecule has 0 heterocycles. The Morgan fingerprint density at radius 1 is 0.952 bits per heavy atom. The Balaban J connectivity index is 3.27. The van der Waals surface area contributed by atoms with Crippen molar-refractivity contribution in [3.8, 4) is 0 Å². The monoisotopic (exact) mass is 366 g/mol. The quantitative estimate of drug-likeness (QED) is 0.604. The summed E-state index contributed by atoms with van der Waals surface area (Å²) >= 11 is 0. The lowest BCUT2D eigenvalue weighted by Crippen LogP contribution is -2.28. The summed E-state index contributed by atoms with van der Waals surface area (Å²) in [5.41, 5.74) is -4.94. The summed E-state index contributed by atoms with van der Waals surface area (Å²) in [6, 6.07) is 5.26. The molecule has 0 saturated carbocycles. The van der Waals surface area contributed by atoms with E-state index in [2.05, 4.69) is 3.63 Å². The van der Waals surface area contributed by atoms with E-state index in [-0.39, 0.29) is 4.90 Å². The fourth-order valence-corrected chi connectivity index (χ4v) is 7.53. The van der Waals surface area contributed by atoms with Gasteiger partial charge in [-0.15, -0.1) is 0 Å². The molecule has 0 aromatic heterocycles.